The second-order valence-electron chi connectivity index (χ2n) is 4.23. The summed E-state index contributed by atoms with van der Waals surface area (Å²) in [6.07, 6.45) is 0.330. The van der Waals surface area contributed by atoms with E-state index in [0.29, 0.717) is 6.41 Å². The molecule has 0 saturated heterocycles. The van der Waals surface area contributed by atoms with Gasteiger partial charge in [-0.25, -0.2) is 4.79 Å². The van der Waals surface area contributed by atoms with Crippen LogP contribution < -0.4 is 5.32 Å². The van der Waals surface area contributed by atoms with Crippen LogP contribution >= 0.6 is 7.60 Å². The molecule has 21 heavy (non-hydrogen) atoms. The van der Waals surface area contributed by atoms with Gasteiger partial charge in [-0.2, -0.15) is 0 Å². The summed E-state index contributed by atoms with van der Waals surface area (Å²) in [5, 5.41) is 2.37. The molecule has 0 aliphatic rings. The van der Waals surface area contributed by atoms with Gasteiger partial charge >= 0.3 is 13.6 Å². The Balaban J connectivity index is 6.05. The van der Waals surface area contributed by atoms with Gasteiger partial charge in [0, 0.05) is 0 Å². The van der Waals surface area contributed by atoms with Crippen molar-refractivity contribution in [3.63, 3.8) is 0 Å². The molecule has 0 rings (SSSR count). The minimum Gasteiger partial charge on any atom is -0.461 e. The van der Waals surface area contributed by atoms with Gasteiger partial charge in [0.15, 0.2) is 0 Å². The summed E-state index contributed by atoms with van der Waals surface area (Å²) in [6.45, 7) is 8.84. The molecule has 1 amide bonds. The van der Waals surface area contributed by atoms with E-state index in [1.165, 1.54) is 0 Å². The smallest absolute Gasteiger partial charge is 0.359 e. The van der Waals surface area contributed by atoms with Crippen LogP contribution in [0, 0.1) is 5.92 Å². The molecule has 0 aromatic rings. The summed E-state index contributed by atoms with van der Waals surface area (Å²) in [6, 6.07) is 0. The first kappa shape index (κ1) is 19.8. The van der Waals surface area contributed by atoms with Gasteiger partial charge in [0.2, 0.25) is 6.41 Å². The van der Waals surface area contributed by atoms with Gasteiger partial charge in [-0.1, -0.05) is 13.8 Å². The molecule has 0 spiro atoms. The summed E-state index contributed by atoms with van der Waals surface area (Å²) in [4.78, 5) is 22.8. The quantitative estimate of drug-likeness (QED) is 0.288. The molecule has 0 aliphatic carbocycles. The van der Waals surface area contributed by atoms with E-state index in [4.69, 9.17) is 13.8 Å². The second kappa shape index (κ2) is 9.71. The zero-order valence-electron chi connectivity index (χ0n) is 13.2. The van der Waals surface area contributed by atoms with E-state index in [-0.39, 0.29) is 36.7 Å². The Morgan fingerprint density at radius 3 is 2.00 bits per heavy atom. The first-order valence-electron chi connectivity index (χ1n) is 6.88. The number of rotatable bonds is 10. The molecule has 0 aromatic carbocycles. The van der Waals surface area contributed by atoms with Gasteiger partial charge in [-0.15, -0.1) is 0 Å². The lowest BCUT2D eigenvalue weighted by molar-refractivity contribution is -0.139. The Morgan fingerprint density at radius 2 is 1.67 bits per heavy atom. The molecule has 8 heteroatoms. The van der Waals surface area contributed by atoms with Crippen molar-refractivity contribution in [1.82, 2.24) is 5.32 Å². The van der Waals surface area contributed by atoms with Crippen LogP contribution in [0.1, 0.15) is 34.6 Å². The lowest BCUT2D eigenvalue weighted by atomic mass is 10.2. The molecule has 1 N–H and O–H groups in total. The van der Waals surface area contributed by atoms with Gasteiger partial charge in [0.1, 0.15) is 5.70 Å². The van der Waals surface area contributed by atoms with Crippen molar-refractivity contribution in [2.24, 2.45) is 5.92 Å². The Bertz CT molecular complexity index is 422. The number of nitrogens with one attached hydrogen (secondary N) is 1. The van der Waals surface area contributed by atoms with Crippen LogP contribution in [0.4, 0.5) is 0 Å². The topological polar surface area (TPSA) is 90.9 Å². The molecule has 0 aromatic heterocycles. The maximum Gasteiger partial charge on any atom is 0.359 e. The minimum atomic E-state index is -3.69. The molecule has 7 nitrogen and oxygen atoms in total. The van der Waals surface area contributed by atoms with Crippen molar-refractivity contribution in [3.8, 4) is 0 Å². The lowest BCUT2D eigenvalue weighted by Crippen LogP contribution is -2.25. The fourth-order valence-corrected chi connectivity index (χ4v) is 3.85. The maximum atomic E-state index is 12.9. The molecular weight excluding hydrogens is 297 g/mol. The predicted octanol–water partition coefficient (Wildman–Crippen LogP) is 2.43. The highest BCUT2D eigenvalue weighted by atomic mass is 31.2. The van der Waals surface area contributed by atoms with E-state index in [1.54, 1.807) is 34.6 Å². The van der Waals surface area contributed by atoms with Gasteiger partial charge in [-0.05, 0) is 26.7 Å². The third-order valence-corrected chi connectivity index (χ3v) is 4.91. The number of ether oxygens (including phenoxy) is 1. The van der Waals surface area contributed by atoms with Gasteiger partial charge < -0.3 is 19.1 Å². The maximum absolute atomic E-state index is 12.9. The van der Waals surface area contributed by atoms with Crippen molar-refractivity contribution in [1.29, 1.82) is 0 Å². The SMILES string of the molecule is CCOC(=O)/C(NC=O)=C(\C(C)C)P(=O)(OCC)OCC. The van der Waals surface area contributed by atoms with E-state index in [1.807, 2.05) is 0 Å². The van der Waals surface area contributed by atoms with Crippen LogP contribution in [0.5, 0.6) is 0 Å². The monoisotopic (exact) mass is 321 g/mol. The number of esters is 1. The summed E-state index contributed by atoms with van der Waals surface area (Å²) >= 11 is 0. The first-order valence-corrected chi connectivity index (χ1v) is 8.43. The van der Waals surface area contributed by atoms with E-state index in [9.17, 15) is 14.2 Å². The molecule has 0 heterocycles. The molecule has 122 valence electrons. The Morgan fingerprint density at radius 1 is 1.14 bits per heavy atom. The van der Waals surface area contributed by atoms with Crippen LogP contribution in [-0.2, 0) is 27.9 Å². The fourth-order valence-electron chi connectivity index (χ4n) is 1.76. The zero-order valence-corrected chi connectivity index (χ0v) is 14.1. The van der Waals surface area contributed by atoms with Crippen molar-refractivity contribution < 1.29 is 27.9 Å². The van der Waals surface area contributed by atoms with Crippen molar-refractivity contribution in [2.75, 3.05) is 19.8 Å². The molecule has 0 saturated carbocycles. The summed E-state index contributed by atoms with van der Waals surface area (Å²) < 4.78 is 28.3. The highest BCUT2D eigenvalue weighted by molar-refractivity contribution is 7.58. The average Bonchev–Trinajstić information content (AvgIpc) is 2.38. The number of hydrogen-bond donors (Lipinski definition) is 1. The lowest BCUT2D eigenvalue weighted by Gasteiger charge is -2.24. The molecule has 0 atom stereocenters. The highest BCUT2D eigenvalue weighted by Crippen LogP contribution is 2.59. The highest BCUT2D eigenvalue weighted by Gasteiger charge is 2.37. The average molecular weight is 321 g/mol. The van der Waals surface area contributed by atoms with Gasteiger partial charge in [-0.3, -0.25) is 9.36 Å². The van der Waals surface area contributed by atoms with Crippen LogP contribution in [0.25, 0.3) is 0 Å². The number of amides is 1. The normalized spacial score (nSPS) is 12.9. The summed E-state index contributed by atoms with van der Waals surface area (Å²) in [5.74, 6) is -1.12. The third kappa shape index (κ3) is 5.61. The second-order valence-corrected chi connectivity index (χ2v) is 6.22. The van der Waals surface area contributed by atoms with Crippen LogP contribution in [0.2, 0.25) is 0 Å². The standard InChI is InChI=1S/C13H24NO6P/c1-6-18-13(16)11(14-9-15)12(10(4)5)21(17,19-7-2)20-8-3/h9-10H,6-8H2,1-5H3,(H,14,15)/b12-11-. The van der Waals surface area contributed by atoms with E-state index < -0.39 is 13.6 Å². The molecule has 0 radical (unpaired) electrons. The molecular formula is C13H24NO6P. The number of carbonyl (C=O) groups is 2. The number of hydrogen-bond acceptors (Lipinski definition) is 6. The number of allylic oxidation sites excluding steroid dienone is 1. The van der Waals surface area contributed by atoms with E-state index in [2.05, 4.69) is 5.32 Å². The van der Waals surface area contributed by atoms with E-state index in [0.717, 1.165) is 0 Å². The summed E-state index contributed by atoms with van der Waals surface area (Å²) in [5.41, 5.74) is -0.188. The Labute approximate surface area is 125 Å². The largest absolute Gasteiger partial charge is 0.461 e. The predicted molar refractivity (Wildman–Crippen MR) is 78.6 cm³/mol. The fraction of sp³-hybridized carbons (Fsp3) is 0.692. The molecule has 0 aliphatic heterocycles. The molecule has 0 fully saturated rings. The van der Waals surface area contributed by atoms with Crippen molar-refractivity contribution >= 4 is 20.0 Å². The van der Waals surface area contributed by atoms with Crippen LogP contribution in [-0.4, -0.2) is 32.2 Å². The van der Waals surface area contributed by atoms with Gasteiger partial charge in [0.25, 0.3) is 0 Å². The number of carbonyl (C=O) groups excluding carboxylic acids is 2. The minimum absolute atomic E-state index is 0.108. The summed E-state index contributed by atoms with van der Waals surface area (Å²) in [7, 11) is -3.69. The molecule has 0 bridgehead atoms. The zero-order chi connectivity index (χ0) is 16.5. The first-order chi connectivity index (χ1) is 9.87. The third-order valence-electron chi connectivity index (χ3n) is 2.38. The van der Waals surface area contributed by atoms with E-state index >= 15 is 0 Å². The van der Waals surface area contributed by atoms with Crippen molar-refractivity contribution in [3.05, 3.63) is 11.0 Å². The molecule has 0 unspecified atom stereocenters. The van der Waals surface area contributed by atoms with Gasteiger partial charge in [0.05, 0.1) is 25.1 Å². The Kier molecular flexibility index (Phi) is 9.17. The van der Waals surface area contributed by atoms with Crippen LogP contribution in [0.15, 0.2) is 11.0 Å². The Hall–Kier alpha value is -1.17. The van der Waals surface area contributed by atoms with Crippen molar-refractivity contribution in [2.45, 2.75) is 34.6 Å². The van der Waals surface area contributed by atoms with Crippen LogP contribution in [0.3, 0.4) is 0 Å².